The van der Waals surface area contributed by atoms with E-state index >= 15 is 0 Å². The highest BCUT2D eigenvalue weighted by atomic mass is 16.2. The molecule has 1 aliphatic rings. The predicted octanol–water partition coefficient (Wildman–Crippen LogP) is 0.239. The van der Waals surface area contributed by atoms with E-state index in [1.165, 1.54) is 0 Å². The third-order valence-corrected chi connectivity index (χ3v) is 2.79. The van der Waals surface area contributed by atoms with E-state index in [0.717, 1.165) is 44.8 Å². The normalized spacial score (nSPS) is 15.1. The minimum Gasteiger partial charge on any atom is -0.336 e. The molecule has 17 heavy (non-hydrogen) atoms. The summed E-state index contributed by atoms with van der Waals surface area (Å²) >= 11 is 0. The van der Waals surface area contributed by atoms with Crippen LogP contribution < -0.4 is 10.6 Å². The Hall–Kier alpha value is -1.62. The van der Waals surface area contributed by atoms with Crippen molar-refractivity contribution in [2.24, 2.45) is 0 Å². The van der Waals surface area contributed by atoms with Gasteiger partial charge in [0.05, 0.1) is 0 Å². The molecule has 5 heteroatoms. The topological polar surface area (TPSA) is 57.3 Å². The molecule has 2 heterocycles. The molecule has 0 spiro atoms. The SMILES string of the molecule is O=C1NCCN1CCNCCc1ccccn1. The van der Waals surface area contributed by atoms with Gasteiger partial charge in [0.1, 0.15) is 0 Å². The van der Waals surface area contributed by atoms with Crippen LogP contribution in [0.5, 0.6) is 0 Å². The second kappa shape index (κ2) is 6.20. The van der Waals surface area contributed by atoms with Crippen LogP contribution in [0.15, 0.2) is 24.4 Å². The van der Waals surface area contributed by atoms with E-state index in [2.05, 4.69) is 15.6 Å². The fourth-order valence-electron chi connectivity index (χ4n) is 1.83. The minimum atomic E-state index is 0.0523. The molecular weight excluding hydrogens is 216 g/mol. The number of hydrogen-bond donors (Lipinski definition) is 2. The zero-order valence-corrected chi connectivity index (χ0v) is 9.85. The first-order valence-electron chi connectivity index (χ1n) is 5.99. The molecule has 0 radical (unpaired) electrons. The van der Waals surface area contributed by atoms with Crippen molar-refractivity contribution in [3.05, 3.63) is 30.1 Å². The van der Waals surface area contributed by atoms with Gasteiger partial charge in [-0.25, -0.2) is 4.79 Å². The molecule has 2 rings (SSSR count). The molecule has 5 nitrogen and oxygen atoms in total. The maximum Gasteiger partial charge on any atom is 0.317 e. The van der Waals surface area contributed by atoms with Gasteiger partial charge in [-0.2, -0.15) is 0 Å². The summed E-state index contributed by atoms with van der Waals surface area (Å²) in [6.07, 6.45) is 2.73. The Bertz CT molecular complexity index is 355. The van der Waals surface area contributed by atoms with Gasteiger partial charge in [-0.3, -0.25) is 4.98 Å². The number of aromatic nitrogens is 1. The van der Waals surface area contributed by atoms with Gasteiger partial charge in [0, 0.05) is 51.0 Å². The van der Waals surface area contributed by atoms with Gasteiger partial charge < -0.3 is 15.5 Å². The number of nitrogens with zero attached hydrogens (tertiary/aromatic N) is 2. The summed E-state index contributed by atoms with van der Waals surface area (Å²) in [4.78, 5) is 17.3. The lowest BCUT2D eigenvalue weighted by Gasteiger charge is -2.14. The van der Waals surface area contributed by atoms with Crippen LogP contribution in [0, 0.1) is 0 Å². The second-order valence-electron chi connectivity index (χ2n) is 4.04. The average molecular weight is 234 g/mol. The fourth-order valence-corrected chi connectivity index (χ4v) is 1.83. The Morgan fingerprint density at radius 1 is 1.41 bits per heavy atom. The van der Waals surface area contributed by atoms with Crippen molar-refractivity contribution in [3.63, 3.8) is 0 Å². The number of carbonyl (C=O) groups is 1. The molecule has 1 aliphatic heterocycles. The lowest BCUT2D eigenvalue weighted by atomic mass is 10.3. The van der Waals surface area contributed by atoms with E-state index in [9.17, 15) is 4.79 Å². The van der Waals surface area contributed by atoms with E-state index in [4.69, 9.17) is 0 Å². The average Bonchev–Trinajstić information content (AvgIpc) is 2.76. The monoisotopic (exact) mass is 234 g/mol. The molecule has 0 unspecified atom stereocenters. The Kier molecular flexibility index (Phi) is 4.32. The van der Waals surface area contributed by atoms with Crippen LogP contribution in [0.1, 0.15) is 5.69 Å². The highest BCUT2D eigenvalue weighted by Gasteiger charge is 2.17. The number of amides is 2. The van der Waals surface area contributed by atoms with Gasteiger partial charge in [-0.05, 0) is 12.1 Å². The van der Waals surface area contributed by atoms with Crippen LogP contribution in [0.25, 0.3) is 0 Å². The quantitative estimate of drug-likeness (QED) is 0.693. The Labute approximate surface area is 101 Å². The summed E-state index contributed by atoms with van der Waals surface area (Å²) in [6, 6.07) is 5.99. The maximum atomic E-state index is 11.2. The largest absolute Gasteiger partial charge is 0.336 e. The fraction of sp³-hybridized carbons (Fsp3) is 0.500. The van der Waals surface area contributed by atoms with Crippen molar-refractivity contribution in [1.29, 1.82) is 0 Å². The van der Waals surface area contributed by atoms with Crippen LogP contribution >= 0.6 is 0 Å². The smallest absolute Gasteiger partial charge is 0.317 e. The van der Waals surface area contributed by atoms with Gasteiger partial charge in [0.2, 0.25) is 0 Å². The van der Waals surface area contributed by atoms with Crippen LogP contribution in [0.3, 0.4) is 0 Å². The molecule has 1 aromatic rings. The van der Waals surface area contributed by atoms with E-state index in [1.807, 2.05) is 29.3 Å². The first kappa shape index (κ1) is 11.9. The van der Waals surface area contributed by atoms with Gasteiger partial charge in [-0.15, -0.1) is 0 Å². The molecule has 2 N–H and O–H groups in total. The number of hydrogen-bond acceptors (Lipinski definition) is 3. The molecule has 2 amide bonds. The first-order valence-corrected chi connectivity index (χ1v) is 5.99. The second-order valence-corrected chi connectivity index (χ2v) is 4.04. The van der Waals surface area contributed by atoms with Gasteiger partial charge in [0.25, 0.3) is 0 Å². The number of urea groups is 1. The van der Waals surface area contributed by atoms with Crippen molar-refractivity contribution in [1.82, 2.24) is 20.5 Å². The summed E-state index contributed by atoms with van der Waals surface area (Å²) in [5.74, 6) is 0. The van der Waals surface area contributed by atoms with Gasteiger partial charge in [-0.1, -0.05) is 6.07 Å². The summed E-state index contributed by atoms with van der Waals surface area (Å²) in [5, 5.41) is 6.11. The zero-order chi connectivity index (χ0) is 11.9. The number of nitrogens with one attached hydrogen (secondary N) is 2. The highest BCUT2D eigenvalue weighted by molar-refractivity contribution is 5.76. The molecule has 0 atom stereocenters. The standard InChI is InChI=1S/C12H18N4O/c17-12-15-8-10-16(12)9-7-13-6-4-11-3-1-2-5-14-11/h1-3,5,13H,4,6-10H2,(H,15,17). The summed E-state index contributed by atoms with van der Waals surface area (Å²) in [5.41, 5.74) is 1.10. The molecular formula is C12H18N4O. The Morgan fingerprint density at radius 2 is 2.35 bits per heavy atom. The van der Waals surface area contributed by atoms with Gasteiger partial charge >= 0.3 is 6.03 Å². The van der Waals surface area contributed by atoms with Crippen LogP contribution in [-0.2, 0) is 6.42 Å². The third-order valence-electron chi connectivity index (χ3n) is 2.79. The maximum absolute atomic E-state index is 11.2. The summed E-state index contributed by atoms with van der Waals surface area (Å²) in [6.45, 7) is 4.09. The molecule has 0 saturated carbocycles. The van der Waals surface area contributed by atoms with E-state index in [1.54, 1.807) is 0 Å². The summed E-state index contributed by atoms with van der Waals surface area (Å²) in [7, 11) is 0. The molecule has 92 valence electrons. The number of rotatable bonds is 6. The predicted molar refractivity (Wildman–Crippen MR) is 65.8 cm³/mol. The molecule has 0 aromatic carbocycles. The molecule has 1 saturated heterocycles. The minimum absolute atomic E-state index is 0.0523. The Balaban J connectivity index is 1.56. The molecule has 1 fully saturated rings. The van der Waals surface area contributed by atoms with Crippen LogP contribution in [-0.4, -0.2) is 48.6 Å². The highest BCUT2D eigenvalue weighted by Crippen LogP contribution is 1.95. The van der Waals surface area contributed by atoms with Crippen molar-refractivity contribution < 1.29 is 4.79 Å². The zero-order valence-electron chi connectivity index (χ0n) is 9.85. The van der Waals surface area contributed by atoms with Crippen molar-refractivity contribution in [3.8, 4) is 0 Å². The van der Waals surface area contributed by atoms with Crippen LogP contribution in [0.4, 0.5) is 4.79 Å². The van der Waals surface area contributed by atoms with Gasteiger partial charge in [0.15, 0.2) is 0 Å². The Morgan fingerprint density at radius 3 is 3.06 bits per heavy atom. The molecule has 0 bridgehead atoms. The molecule has 0 aliphatic carbocycles. The lowest BCUT2D eigenvalue weighted by Crippen LogP contribution is -2.35. The van der Waals surface area contributed by atoms with Crippen LogP contribution in [0.2, 0.25) is 0 Å². The third kappa shape index (κ3) is 3.71. The van der Waals surface area contributed by atoms with E-state index in [0.29, 0.717) is 0 Å². The van der Waals surface area contributed by atoms with E-state index in [-0.39, 0.29) is 6.03 Å². The lowest BCUT2D eigenvalue weighted by molar-refractivity contribution is 0.217. The first-order chi connectivity index (χ1) is 8.36. The number of carbonyl (C=O) groups excluding carboxylic acids is 1. The van der Waals surface area contributed by atoms with Crippen molar-refractivity contribution in [2.45, 2.75) is 6.42 Å². The number of pyridine rings is 1. The molecule has 1 aromatic heterocycles. The van der Waals surface area contributed by atoms with E-state index < -0.39 is 0 Å². The summed E-state index contributed by atoms with van der Waals surface area (Å²) < 4.78 is 0. The van der Waals surface area contributed by atoms with Crippen molar-refractivity contribution in [2.75, 3.05) is 32.7 Å². The van der Waals surface area contributed by atoms with Crippen molar-refractivity contribution >= 4 is 6.03 Å².